The smallest absolute Gasteiger partial charge is 0.0434 e. The van der Waals surface area contributed by atoms with Gasteiger partial charge < -0.3 is 5.11 Å². The van der Waals surface area contributed by atoms with Gasteiger partial charge in [0.1, 0.15) is 0 Å². The van der Waals surface area contributed by atoms with E-state index in [-0.39, 0.29) is 6.61 Å². The summed E-state index contributed by atoms with van der Waals surface area (Å²) < 4.78 is 1.15. The zero-order chi connectivity index (χ0) is 8.97. The first-order valence-electron chi connectivity index (χ1n) is 4.10. The van der Waals surface area contributed by atoms with Crippen LogP contribution in [0.3, 0.4) is 0 Å². The number of hydrogen-bond acceptors (Lipinski definition) is 1. The fourth-order valence-corrected chi connectivity index (χ4v) is 1.90. The van der Waals surface area contributed by atoms with Crippen LogP contribution >= 0.6 is 15.9 Å². The molecule has 2 heteroatoms. The number of rotatable bonds is 3. The average Bonchev–Trinajstić information content (AvgIpc) is 2.04. The summed E-state index contributed by atoms with van der Waals surface area (Å²) in [6.45, 7) is 2.36. The van der Waals surface area contributed by atoms with E-state index < -0.39 is 0 Å². The summed E-state index contributed by atoms with van der Waals surface area (Å²) in [5.41, 5.74) is 2.60. The maximum Gasteiger partial charge on any atom is 0.0434 e. The topological polar surface area (TPSA) is 20.2 Å². The molecule has 1 aromatic rings. The Morgan fingerprint density at radius 2 is 2.17 bits per heavy atom. The molecule has 1 aromatic carbocycles. The maximum absolute atomic E-state index is 8.69. The number of halogens is 1. The van der Waals surface area contributed by atoms with Crippen LogP contribution in [-0.2, 0) is 6.42 Å². The molecule has 0 aromatic heterocycles. The van der Waals surface area contributed by atoms with Crippen LogP contribution < -0.4 is 0 Å². The molecule has 0 amide bonds. The molecule has 1 N–H and O–H groups in total. The minimum atomic E-state index is 0.265. The van der Waals surface area contributed by atoms with Gasteiger partial charge in [0, 0.05) is 11.1 Å². The molecule has 0 heterocycles. The Balaban J connectivity index is 2.81. The summed E-state index contributed by atoms with van der Waals surface area (Å²) in [4.78, 5) is 0. The zero-order valence-corrected chi connectivity index (χ0v) is 8.76. The first-order chi connectivity index (χ1) is 5.75. The second-order valence-corrected chi connectivity index (χ2v) is 3.72. The van der Waals surface area contributed by atoms with Crippen molar-refractivity contribution in [3.8, 4) is 0 Å². The van der Waals surface area contributed by atoms with E-state index in [9.17, 15) is 0 Å². The van der Waals surface area contributed by atoms with Gasteiger partial charge in [-0.15, -0.1) is 0 Å². The average molecular weight is 229 g/mol. The summed E-state index contributed by atoms with van der Waals surface area (Å²) >= 11 is 3.50. The van der Waals surface area contributed by atoms with Crippen LogP contribution in [0.5, 0.6) is 0 Å². The van der Waals surface area contributed by atoms with Crippen molar-refractivity contribution in [1.82, 2.24) is 0 Å². The number of aryl methyl sites for hydroxylation is 1. The SMILES string of the molecule is Cc1cccc(Br)c1CCCO. The lowest BCUT2D eigenvalue weighted by molar-refractivity contribution is 0.288. The van der Waals surface area contributed by atoms with E-state index in [0.29, 0.717) is 0 Å². The van der Waals surface area contributed by atoms with Gasteiger partial charge in [0.2, 0.25) is 0 Å². The Hall–Kier alpha value is -0.340. The summed E-state index contributed by atoms with van der Waals surface area (Å²) in [5.74, 6) is 0. The molecule has 1 rings (SSSR count). The van der Waals surface area contributed by atoms with E-state index in [2.05, 4.69) is 28.9 Å². The van der Waals surface area contributed by atoms with Crippen molar-refractivity contribution in [2.24, 2.45) is 0 Å². The summed E-state index contributed by atoms with van der Waals surface area (Å²) in [6.07, 6.45) is 1.78. The van der Waals surface area contributed by atoms with E-state index in [4.69, 9.17) is 5.11 Å². The molecule has 0 aliphatic carbocycles. The van der Waals surface area contributed by atoms with Gasteiger partial charge in [0.05, 0.1) is 0 Å². The molecule has 0 fully saturated rings. The van der Waals surface area contributed by atoms with Gasteiger partial charge in [-0.1, -0.05) is 28.1 Å². The Bertz CT molecular complexity index is 238. The molecule has 0 saturated heterocycles. The highest BCUT2D eigenvalue weighted by Crippen LogP contribution is 2.21. The van der Waals surface area contributed by atoms with Crippen molar-refractivity contribution in [2.75, 3.05) is 6.61 Å². The Labute approximate surface area is 81.6 Å². The van der Waals surface area contributed by atoms with Gasteiger partial charge in [0.25, 0.3) is 0 Å². The van der Waals surface area contributed by atoms with Crippen LogP contribution in [0.15, 0.2) is 22.7 Å². The molecular weight excluding hydrogens is 216 g/mol. The Kier molecular flexibility index (Phi) is 3.76. The van der Waals surface area contributed by atoms with Crippen molar-refractivity contribution in [3.63, 3.8) is 0 Å². The first-order valence-corrected chi connectivity index (χ1v) is 4.90. The fourth-order valence-electron chi connectivity index (χ4n) is 1.24. The Morgan fingerprint density at radius 1 is 1.42 bits per heavy atom. The third-order valence-electron chi connectivity index (χ3n) is 1.94. The Morgan fingerprint density at radius 3 is 2.75 bits per heavy atom. The minimum Gasteiger partial charge on any atom is -0.396 e. The molecule has 0 aliphatic rings. The third kappa shape index (κ3) is 2.32. The monoisotopic (exact) mass is 228 g/mol. The normalized spacial score (nSPS) is 10.2. The molecule has 0 bridgehead atoms. The van der Waals surface area contributed by atoms with Crippen molar-refractivity contribution in [1.29, 1.82) is 0 Å². The van der Waals surface area contributed by atoms with Crippen LogP contribution in [0.2, 0.25) is 0 Å². The molecule has 66 valence electrons. The van der Waals surface area contributed by atoms with E-state index in [1.165, 1.54) is 11.1 Å². The van der Waals surface area contributed by atoms with Crippen molar-refractivity contribution in [3.05, 3.63) is 33.8 Å². The zero-order valence-electron chi connectivity index (χ0n) is 7.18. The van der Waals surface area contributed by atoms with Crippen LogP contribution in [0.4, 0.5) is 0 Å². The molecule has 0 unspecified atom stereocenters. The fraction of sp³-hybridized carbons (Fsp3) is 0.400. The van der Waals surface area contributed by atoms with Gasteiger partial charge in [-0.05, 0) is 37.0 Å². The predicted octanol–water partition coefficient (Wildman–Crippen LogP) is 2.68. The molecule has 0 radical (unpaired) electrons. The van der Waals surface area contributed by atoms with Crippen LogP contribution in [0, 0.1) is 6.92 Å². The molecule has 1 nitrogen and oxygen atoms in total. The minimum absolute atomic E-state index is 0.265. The van der Waals surface area contributed by atoms with E-state index in [1.807, 2.05) is 12.1 Å². The quantitative estimate of drug-likeness (QED) is 0.844. The van der Waals surface area contributed by atoms with Crippen LogP contribution in [0.1, 0.15) is 17.5 Å². The van der Waals surface area contributed by atoms with Gasteiger partial charge in [0.15, 0.2) is 0 Å². The van der Waals surface area contributed by atoms with Crippen LogP contribution in [0.25, 0.3) is 0 Å². The van der Waals surface area contributed by atoms with Gasteiger partial charge >= 0.3 is 0 Å². The van der Waals surface area contributed by atoms with Crippen molar-refractivity contribution in [2.45, 2.75) is 19.8 Å². The van der Waals surface area contributed by atoms with Gasteiger partial charge in [-0.3, -0.25) is 0 Å². The second kappa shape index (κ2) is 4.63. The molecule has 0 aliphatic heterocycles. The largest absolute Gasteiger partial charge is 0.396 e. The molecule has 0 saturated carbocycles. The molecule has 12 heavy (non-hydrogen) atoms. The van der Waals surface area contributed by atoms with E-state index in [1.54, 1.807) is 0 Å². The first kappa shape index (κ1) is 9.75. The maximum atomic E-state index is 8.69. The lowest BCUT2D eigenvalue weighted by Gasteiger charge is -2.06. The summed E-state index contributed by atoms with van der Waals surface area (Å²) in [6, 6.07) is 6.17. The second-order valence-electron chi connectivity index (χ2n) is 2.86. The van der Waals surface area contributed by atoms with Crippen molar-refractivity contribution < 1.29 is 5.11 Å². The lowest BCUT2D eigenvalue weighted by atomic mass is 10.0. The van der Waals surface area contributed by atoms with Gasteiger partial charge in [-0.25, -0.2) is 0 Å². The highest BCUT2D eigenvalue weighted by Gasteiger charge is 2.01. The predicted molar refractivity (Wildman–Crippen MR) is 54.3 cm³/mol. The van der Waals surface area contributed by atoms with E-state index >= 15 is 0 Å². The van der Waals surface area contributed by atoms with Crippen LogP contribution in [-0.4, -0.2) is 11.7 Å². The third-order valence-corrected chi connectivity index (χ3v) is 2.68. The molecule has 0 atom stereocenters. The highest BCUT2D eigenvalue weighted by atomic mass is 79.9. The molecule has 0 spiro atoms. The summed E-state index contributed by atoms with van der Waals surface area (Å²) in [5, 5.41) is 8.69. The van der Waals surface area contributed by atoms with Crippen molar-refractivity contribution >= 4 is 15.9 Å². The summed E-state index contributed by atoms with van der Waals surface area (Å²) in [7, 11) is 0. The number of aliphatic hydroxyl groups is 1. The number of aliphatic hydroxyl groups excluding tert-OH is 1. The number of benzene rings is 1. The molecular formula is C10H13BrO. The lowest BCUT2D eigenvalue weighted by Crippen LogP contribution is -1.93. The van der Waals surface area contributed by atoms with E-state index in [0.717, 1.165) is 17.3 Å². The van der Waals surface area contributed by atoms with Gasteiger partial charge in [-0.2, -0.15) is 0 Å². The highest BCUT2D eigenvalue weighted by molar-refractivity contribution is 9.10. The number of hydrogen-bond donors (Lipinski definition) is 1. The standard InChI is InChI=1S/C10H13BrO/c1-8-4-2-6-10(11)9(8)5-3-7-12/h2,4,6,12H,3,5,7H2,1H3.